The van der Waals surface area contributed by atoms with E-state index >= 15 is 0 Å². The van der Waals surface area contributed by atoms with Gasteiger partial charge < -0.3 is 4.57 Å². The highest BCUT2D eigenvalue weighted by molar-refractivity contribution is 9.10. The third-order valence-corrected chi connectivity index (χ3v) is 3.33. The molecule has 1 aromatic carbocycles. The number of hydrogen-bond acceptors (Lipinski definition) is 1. The van der Waals surface area contributed by atoms with Crippen molar-refractivity contribution in [3.8, 4) is 11.4 Å². The van der Waals surface area contributed by atoms with Crippen molar-refractivity contribution in [1.82, 2.24) is 9.55 Å². The lowest BCUT2D eigenvalue weighted by Crippen LogP contribution is -2.04. The highest BCUT2D eigenvalue weighted by atomic mass is 79.9. The van der Waals surface area contributed by atoms with Gasteiger partial charge in [-0.25, -0.2) is 4.98 Å². The van der Waals surface area contributed by atoms with E-state index in [0.29, 0.717) is 15.1 Å². The molecule has 0 bridgehead atoms. The smallest absolute Gasteiger partial charge is 0.333 e. The largest absolute Gasteiger partial charge is 0.434 e. The molecule has 0 aliphatic rings. The molecule has 18 heavy (non-hydrogen) atoms. The van der Waals surface area contributed by atoms with E-state index in [2.05, 4.69) is 20.9 Å². The van der Waals surface area contributed by atoms with Crippen molar-refractivity contribution in [1.29, 1.82) is 0 Å². The first kappa shape index (κ1) is 13.4. The lowest BCUT2D eigenvalue weighted by molar-refractivity contribution is -0.140. The quantitative estimate of drug-likeness (QED) is 0.747. The van der Waals surface area contributed by atoms with Crippen LogP contribution in [0.25, 0.3) is 11.4 Å². The molecule has 0 unspecified atom stereocenters. The van der Waals surface area contributed by atoms with Gasteiger partial charge in [0.1, 0.15) is 5.82 Å². The first-order valence-electron chi connectivity index (χ1n) is 4.85. The number of rotatable bonds is 1. The second-order valence-corrected chi connectivity index (χ2v) is 4.92. The number of alkyl halides is 3. The van der Waals surface area contributed by atoms with Crippen LogP contribution in [0.15, 0.2) is 28.9 Å². The summed E-state index contributed by atoms with van der Waals surface area (Å²) in [5, 5.41) is 0.340. The first-order chi connectivity index (χ1) is 8.30. The lowest BCUT2D eigenvalue weighted by atomic mass is 10.2. The fourth-order valence-electron chi connectivity index (χ4n) is 1.55. The Bertz CT molecular complexity index is 572. The first-order valence-corrected chi connectivity index (χ1v) is 6.02. The summed E-state index contributed by atoms with van der Waals surface area (Å²) in [6.45, 7) is 0. The Morgan fingerprint density at radius 2 is 2.00 bits per heavy atom. The molecule has 0 radical (unpaired) electrons. The highest BCUT2D eigenvalue weighted by Crippen LogP contribution is 2.36. The Labute approximate surface area is 115 Å². The molecule has 1 aromatic heterocycles. The van der Waals surface area contributed by atoms with Crippen LogP contribution >= 0.6 is 27.5 Å². The number of aryl methyl sites for hydroxylation is 1. The minimum Gasteiger partial charge on any atom is -0.333 e. The van der Waals surface area contributed by atoms with Crippen LogP contribution in [0, 0.1) is 0 Å². The summed E-state index contributed by atoms with van der Waals surface area (Å²) in [6, 6.07) is 5.00. The molecule has 2 rings (SSSR count). The maximum absolute atomic E-state index is 12.6. The van der Waals surface area contributed by atoms with Gasteiger partial charge >= 0.3 is 6.18 Å². The zero-order valence-electron chi connectivity index (χ0n) is 9.09. The third-order valence-electron chi connectivity index (χ3n) is 2.35. The zero-order chi connectivity index (χ0) is 13.5. The van der Waals surface area contributed by atoms with Crippen LogP contribution in [0.1, 0.15) is 5.69 Å². The van der Waals surface area contributed by atoms with Crippen LogP contribution < -0.4 is 0 Å². The van der Waals surface area contributed by atoms with E-state index in [4.69, 9.17) is 11.6 Å². The molecule has 0 saturated carbocycles. The van der Waals surface area contributed by atoms with Gasteiger partial charge in [0, 0.05) is 17.7 Å². The van der Waals surface area contributed by atoms with Gasteiger partial charge in [0.05, 0.1) is 10.6 Å². The Morgan fingerprint density at radius 1 is 1.33 bits per heavy atom. The Kier molecular flexibility index (Phi) is 3.42. The average molecular weight is 340 g/mol. The Hall–Kier alpha value is -1.01. The molecule has 0 N–H and O–H groups in total. The number of benzene rings is 1. The number of nitrogens with zero attached hydrogens (tertiary/aromatic N) is 2. The minimum absolute atomic E-state index is 0.166. The van der Waals surface area contributed by atoms with Crippen LogP contribution in [0.3, 0.4) is 0 Å². The SMILES string of the molecule is Cn1cc(C(F)(F)F)nc1-c1c(Cl)cccc1Br. The van der Waals surface area contributed by atoms with Crippen molar-refractivity contribution in [3.05, 3.63) is 39.6 Å². The Balaban J connectivity index is 2.62. The third kappa shape index (κ3) is 2.40. The van der Waals surface area contributed by atoms with E-state index in [0.717, 1.165) is 6.20 Å². The summed E-state index contributed by atoms with van der Waals surface area (Å²) in [4.78, 5) is 3.60. The van der Waals surface area contributed by atoms with E-state index in [1.54, 1.807) is 18.2 Å². The molecule has 0 amide bonds. The zero-order valence-corrected chi connectivity index (χ0v) is 11.4. The summed E-state index contributed by atoms with van der Waals surface area (Å²) in [5.74, 6) is 0.166. The summed E-state index contributed by atoms with van der Waals surface area (Å²) in [5.41, 5.74) is -0.496. The maximum atomic E-state index is 12.6. The van der Waals surface area contributed by atoms with Crippen LogP contribution in [0.5, 0.6) is 0 Å². The van der Waals surface area contributed by atoms with Crippen molar-refractivity contribution in [2.45, 2.75) is 6.18 Å². The summed E-state index contributed by atoms with van der Waals surface area (Å²) < 4.78 is 39.6. The van der Waals surface area contributed by atoms with Gasteiger partial charge in [-0.3, -0.25) is 0 Å². The number of imidazole rings is 1. The molecule has 2 aromatic rings. The van der Waals surface area contributed by atoms with Gasteiger partial charge in [0.25, 0.3) is 0 Å². The molecule has 7 heteroatoms. The maximum Gasteiger partial charge on any atom is 0.434 e. The van der Waals surface area contributed by atoms with Gasteiger partial charge in [-0.1, -0.05) is 17.7 Å². The molecule has 0 fully saturated rings. The molecule has 0 aliphatic carbocycles. The molecular weight excluding hydrogens is 332 g/mol. The average Bonchev–Trinajstić information content (AvgIpc) is 2.60. The Morgan fingerprint density at radius 3 is 2.50 bits per heavy atom. The van der Waals surface area contributed by atoms with E-state index in [-0.39, 0.29) is 5.82 Å². The van der Waals surface area contributed by atoms with Crippen molar-refractivity contribution in [2.24, 2.45) is 7.05 Å². The van der Waals surface area contributed by atoms with Crippen molar-refractivity contribution in [2.75, 3.05) is 0 Å². The normalized spacial score (nSPS) is 11.9. The van der Waals surface area contributed by atoms with E-state index in [1.807, 2.05) is 0 Å². The molecule has 1 heterocycles. The molecule has 0 spiro atoms. The fourth-order valence-corrected chi connectivity index (χ4v) is 2.46. The van der Waals surface area contributed by atoms with Gasteiger partial charge in [-0.15, -0.1) is 0 Å². The molecule has 2 nitrogen and oxygen atoms in total. The predicted octanol–water partition coefficient (Wildman–Crippen LogP) is 4.52. The number of aromatic nitrogens is 2. The summed E-state index contributed by atoms with van der Waals surface area (Å²) >= 11 is 9.25. The van der Waals surface area contributed by atoms with Gasteiger partial charge in [0.15, 0.2) is 5.69 Å². The van der Waals surface area contributed by atoms with Gasteiger partial charge in [-0.2, -0.15) is 13.2 Å². The van der Waals surface area contributed by atoms with E-state index < -0.39 is 11.9 Å². The molecule has 96 valence electrons. The second kappa shape index (κ2) is 4.59. The summed E-state index contributed by atoms with van der Waals surface area (Å²) in [6.07, 6.45) is -3.53. The van der Waals surface area contributed by atoms with Crippen LogP contribution in [-0.2, 0) is 13.2 Å². The standard InChI is InChI=1S/C11H7BrClF3N2/c1-18-5-8(11(14,15)16)17-10(18)9-6(12)3-2-4-7(9)13/h2-5H,1H3. The molecule has 0 aliphatic heterocycles. The molecule has 0 atom stereocenters. The predicted molar refractivity (Wildman–Crippen MR) is 66.4 cm³/mol. The van der Waals surface area contributed by atoms with Crippen LogP contribution in [-0.4, -0.2) is 9.55 Å². The number of halogens is 5. The fraction of sp³-hybridized carbons (Fsp3) is 0.182. The lowest BCUT2D eigenvalue weighted by Gasteiger charge is -2.06. The van der Waals surface area contributed by atoms with Gasteiger partial charge in [-0.05, 0) is 28.1 Å². The highest BCUT2D eigenvalue weighted by Gasteiger charge is 2.34. The molecule has 0 saturated heterocycles. The topological polar surface area (TPSA) is 17.8 Å². The second-order valence-electron chi connectivity index (χ2n) is 3.66. The van der Waals surface area contributed by atoms with Crippen LogP contribution in [0.2, 0.25) is 5.02 Å². The number of hydrogen-bond donors (Lipinski definition) is 0. The summed E-state index contributed by atoms with van der Waals surface area (Å²) in [7, 11) is 1.49. The minimum atomic E-state index is -4.47. The van der Waals surface area contributed by atoms with E-state index in [1.165, 1.54) is 11.6 Å². The van der Waals surface area contributed by atoms with Crippen molar-refractivity contribution >= 4 is 27.5 Å². The van der Waals surface area contributed by atoms with Crippen LogP contribution in [0.4, 0.5) is 13.2 Å². The van der Waals surface area contributed by atoms with E-state index in [9.17, 15) is 13.2 Å². The monoisotopic (exact) mass is 338 g/mol. The van der Waals surface area contributed by atoms with Crippen molar-refractivity contribution in [3.63, 3.8) is 0 Å². The molecular formula is C11H7BrClF3N2. The van der Waals surface area contributed by atoms with Gasteiger partial charge in [0.2, 0.25) is 0 Å². The van der Waals surface area contributed by atoms with Crippen molar-refractivity contribution < 1.29 is 13.2 Å².